The lowest BCUT2D eigenvalue weighted by atomic mass is 9.89. The molecule has 0 bridgehead atoms. The molecule has 0 aliphatic carbocycles. The van der Waals surface area contributed by atoms with E-state index in [1.807, 2.05) is 45.9 Å². The van der Waals surface area contributed by atoms with E-state index in [1.165, 1.54) is 6.07 Å². The number of alkyl halides is 3. The fourth-order valence-corrected chi connectivity index (χ4v) is 6.21. The third-order valence-electron chi connectivity index (χ3n) is 6.78. The van der Waals surface area contributed by atoms with Crippen molar-refractivity contribution in [2.75, 3.05) is 6.61 Å². The van der Waals surface area contributed by atoms with Crippen LogP contribution in [-0.4, -0.2) is 15.0 Å². The highest BCUT2D eigenvalue weighted by Crippen LogP contribution is 2.37. The van der Waals surface area contributed by atoms with E-state index in [4.69, 9.17) is 8.92 Å². The predicted molar refractivity (Wildman–Crippen MR) is 152 cm³/mol. The number of hydrogen-bond acceptors (Lipinski definition) is 4. The van der Waals surface area contributed by atoms with Crippen molar-refractivity contribution in [3.8, 4) is 5.75 Å². The molecule has 0 radical (unpaired) electrons. The van der Waals surface area contributed by atoms with E-state index >= 15 is 0 Å². The fourth-order valence-electron chi connectivity index (χ4n) is 4.61. The summed E-state index contributed by atoms with van der Waals surface area (Å²) < 4.78 is 79.2. The molecule has 0 fully saturated rings. The normalized spacial score (nSPS) is 13.3. The van der Waals surface area contributed by atoms with Crippen LogP contribution in [0.2, 0.25) is 0 Å². The van der Waals surface area contributed by atoms with Crippen LogP contribution in [-0.2, 0) is 20.5 Å². The smallest absolute Gasteiger partial charge is 0.416 e. The molecule has 0 saturated heterocycles. The maximum absolute atomic E-state index is 13.7. The minimum absolute atomic E-state index is 0.0471. The van der Waals surface area contributed by atoms with Gasteiger partial charge in [-0.05, 0) is 70.7 Å². The standard InChI is InChI=1S/C32H39F3O4S/c1-20(2)25-17-28(21(3)4)31(29(18-25)22(5)6)40(36,37)38-14-13-30(24-11-9-8-10-12-24)39-27-16-23(7)15-26(19-27)32(33,34)35/h8-12,15-22,30H,13-14H2,1-7H3. The summed E-state index contributed by atoms with van der Waals surface area (Å²) in [5.74, 6) is 0.191. The maximum atomic E-state index is 13.7. The van der Waals surface area contributed by atoms with Crippen molar-refractivity contribution >= 4 is 10.1 Å². The topological polar surface area (TPSA) is 52.6 Å². The van der Waals surface area contributed by atoms with Gasteiger partial charge in [-0.15, -0.1) is 0 Å². The van der Waals surface area contributed by atoms with Gasteiger partial charge in [-0.2, -0.15) is 21.6 Å². The highest BCUT2D eigenvalue weighted by atomic mass is 32.2. The van der Waals surface area contributed by atoms with Crippen LogP contribution >= 0.6 is 0 Å². The molecule has 0 saturated carbocycles. The van der Waals surface area contributed by atoms with Gasteiger partial charge in [0.05, 0.1) is 12.2 Å². The zero-order valence-electron chi connectivity index (χ0n) is 24.2. The summed E-state index contributed by atoms with van der Waals surface area (Å²) in [6.45, 7) is 13.3. The summed E-state index contributed by atoms with van der Waals surface area (Å²) in [6, 6.07) is 16.4. The number of aryl methyl sites for hydroxylation is 1. The summed E-state index contributed by atoms with van der Waals surface area (Å²) in [6.07, 6.45) is -5.13. The van der Waals surface area contributed by atoms with Crippen LogP contribution in [0.15, 0.2) is 65.6 Å². The third-order valence-corrected chi connectivity index (χ3v) is 8.22. The molecule has 3 aromatic rings. The zero-order chi connectivity index (χ0) is 29.8. The molecule has 0 amide bonds. The molecule has 1 unspecified atom stereocenters. The second-order valence-electron chi connectivity index (χ2n) is 11.1. The monoisotopic (exact) mass is 576 g/mol. The number of benzene rings is 3. The highest BCUT2D eigenvalue weighted by molar-refractivity contribution is 7.86. The van der Waals surface area contributed by atoms with Crippen molar-refractivity contribution in [3.05, 3.63) is 94.0 Å². The summed E-state index contributed by atoms with van der Waals surface area (Å²) in [5, 5.41) is 0. The molecular formula is C32H39F3O4S. The van der Waals surface area contributed by atoms with E-state index in [2.05, 4.69) is 13.8 Å². The minimum Gasteiger partial charge on any atom is -0.486 e. The van der Waals surface area contributed by atoms with Gasteiger partial charge in [-0.25, -0.2) is 0 Å². The van der Waals surface area contributed by atoms with Crippen LogP contribution in [0.5, 0.6) is 5.75 Å². The largest absolute Gasteiger partial charge is 0.486 e. The summed E-state index contributed by atoms with van der Waals surface area (Å²) in [7, 11) is -4.14. The number of rotatable bonds is 11. The Morgan fingerprint density at radius 1 is 0.775 bits per heavy atom. The number of ether oxygens (including phenoxy) is 1. The third kappa shape index (κ3) is 7.88. The Morgan fingerprint density at radius 3 is 1.85 bits per heavy atom. The Bertz CT molecular complexity index is 1370. The zero-order valence-corrected chi connectivity index (χ0v) is 25.0. The highest BCUT2D eigenvalue weighted by Gasteiger charge is 2.32. The van der Waals surface area contributed by atoms with Crippen molar-refractivity contribution in [2.24, 2.45) is 0 Å². The molecule has 218 valence electrons. The molecule has 1 atom stereocenters. The molecule has 0 aliphatic heterocycles. The van der Waals surface area contributed by atoms with Gasteiger partial charge in [0.25, 0.3) is 10.1 Å². The van der Waals surface area contributed by atoms with Crippen molar-refractivity contribution < 1.29 is 30.5 Å². The van der Waals surface area contributed by atoms with Crippen LogP contribution in [0.25, 0.3) is 0 Å². The van der Waals surface area contributed by atoms with Crippen LogP contribution in [0, 0.1) is 6.92 Å². The van der Waals surface area contributed by atoms with Gasteiger partial charge in [0.2, 0.25) is 0 Å². The Morgan fingerprint density at radius 2 is 1.35 bits per heavy atom. The van der Waals surface area contributed by atoms with E-state index in [0.29, 0.717) is 22.3 Å². The average Bonchev–Trinajstić information content (AvgIpc) is 2.86. The second-order valence-corrected chi connectivity index (χ2v) is 12.7. The fraction of sp³-hybridized carbons (Fsp3) is 0.438. The summed E-state index contributed by atoms with van der Waals surface area (Å²) >= 11 is 0. The lowest BCUT2D eigenvalue weighted by Crippen LogP contribution is -2.18. The van der Waals surface area contributed by atoms with Gasteiger partial charge in [-0.1, -0.05) is 84.0 Å². The van der Waals surface area contributed by atoms with Crippen molar-refractivity contribution in [2.45, 2.75) is 89.8 Å². The maximum Gasteiger partial charge on any atom is 0.416 e. The molecule has 4 nitrogen and oxygen atoms in total. The predicted octanol–water partition coefficient (Wildman–Crippen LogP) is 9.30. The first-order valence-electron chi connectivity index (χ1n) is 13.6. The molecular weight excluding hydrogens is 537 g/mol. The lowest BCUT2D eigenvalue weighted by molar-refractivity contribution is -0.137. The van der Waals surface area contributed by atoms with Crippen LogP contribution in [0.4, 0.5) is 13.2 Å². The number of hydrogen-bond donors (Lipinski definition) is 0. The summed E-state index contributed by atoms with van der Waals surface area (Å²) in [4.78, 5) is 0.201. The van der Waals surface area contributed by atoms with Crippen molar-refractivity contribution in [1.29, 1.82) is 0 Å². The minimum atomic E-state index is -4.52. The van der Waals surface area contributed by atoms with E-state index in [9.17, 15) is 21.6 Å². The second kappa shape index (κ2) is 12.8. The van der Waals surface area contributed by atoms with Gasteiger partial charge in [0.15, 0.2) is 0 Å². The van der Waals surface area contributed by atoms with Crippen molar-refractivity contribution in [1.82, 2.24) is 0 Å². The number of halogens is 3. The molecule has 0 aromatic heterocycles. The molecule has 3 rings (SSSR count). The van der Waals surface area contributed by atoms with Gasteiger partial charge in [0.1, 0.15) is 16.7 Å². The first kappa shape index (κ1) is 31.7. The molecule has 40 heavy (non-hydrogen) atoms. The summed E-state index contributed by atoms with van der Waals surface area (Å²) in [5.41, 5.74) is 2.80. The molecule has 8 heteroatoms. The first-order valence-corrected chi connectivity index (χ1v) is 15.0. The first-order chi connectivity index (χ1) is 18.6. The SMILES string of the molecule is Cc1cc(OC(CCOS(=O)(=O)c2c(C(C)C)cc(C(C)C)cc2C(C)C)c2ccccc2)cc(C(F)(F)F)c1. The van der Waals surface area contributed by atoms with Crippen LogP contribution in [0.1, 0.15) is 105 Å². The Balaban J connectivity index is 1.92. The van der Waals surface area contributed by atoms with Crippen LogP contribution < -0.4 is 4.74 Å². The van der Waals surface area contributed by atoms with Gasteiger partial charge < -0.3 is 4.74 Å². The van der Waals surface area contributed by atoms with Gasteiger partial charge in [-0.3, -0.25) is 4.18 Å². The Labute approximate surface area is 236 Å². The van der Waals surface area contributed by atoms with E-state index in [0.717, 1.165) is 17.7 Å². The van der Waals surface area contributed by atoms with E-state index in [-0.39, 0.29) is 41.4 Å². The molecule has 0 N–H and O–H groups in total. The van der Waals surface area contributed by atoms with Gasteiger partial charge >= 0.3 is 6.18 Å². The van der Waals surface area contributed by atoms with Crippen LogP contribution in [0.3, 0.4) is 0 Å². The molecule has 0 aliphatic rings. The molecule has 0 spiro atoms. The Kier molecular flexibility index (Phi) is 10.1. The quantitative estimate of drug-likeness (QED) is 0.214. The Hall–Kier alpha value is -2.84. The lowest BCUT2D eigenvalue weighted by Gasteiger charge is -2.23. The average molecular weight is 577 g/mol. The van der Waals surface area contributed by atoms with Crippen molar-refractivity contribution in [3.63, 3.8) is 0 Å². The van der Waals surface area contributed by atoms with Gasteiger partial charge in [0, 0.05) is 6.42 Å². The molecule has 0 heterocycles. The van der Waals surface area contributed by atoms with E-state index in [1.54, 1.807) is 31.2 Å². The molecule has 3 aromatic carbocycles. The van der Waals surface area contributed by atoms with E-state index < -0.39 is 28.0 Å².